The van der Waals surface area contributed by atoms with Gasteiger partial charge < -0.3 is 14.6 Å². The maximum atomic E-state index is 14.5. The second kappa shape index (κ2) is 14.0. The predicted octanol–water partition coefficient (Wildman–Crippen LogP) is 7.19. The number of fused-ring (bicyclic) bond motifs is 3. The van der Waals surface area contributed by atoms with Gasteiger partial charge in [0.15, 0.2) is 8.32 Å². The molecular formula is C35H56N6O2Si. The third-order valence-corrected chi connectivity index (χ3v) is 14.9. The van der Waals surface area contributed by atoms with Crippen molar-refractivity contribution in [3.8, 4) is 0 Å². The van der Waals surface area contributed by atoms with Crippen LogP contribution in [-0.2, 0) is 11.0 Å². The van der Waals surface area contributed by atoms with Gasteiger partial charge in [-0.1, -0.05) is 46.2 Å². The first kappa shape index (κ1) is 33.0. The van der Waals surface area contributed by atoms with E-state index in [2.05, 4.69) is 81.2 Å². The molecule has 0 bridgehead atoms. The molecule has 0 spiro atoms. The summed E-state index contributed by atoms with van der Waals surface area (Å²) in [5, 5.41) is 6.32. The van der Waals surface area contributed by atoms with Gasteiger partial charge in [-0.15, -0.1) is 0 Å². The van der Waals surface area contributed by atoms with Gasteiger partial charge in [0.25, 0.3) is 5.56 Å². The molecule has 0 amide bonds. The molecule has 1 saturated heterocycles. The van der Waals surface area contributed by atoms with Crippen LogP contribution in [0.2, 0.25) is 18.1 Å². The number of hydrogen-bond donors (Lipinski definition) is 1. The molecule has 8 nitrogen and oxygen atoms in total. The van der Waals surface area contributed by atoms with Gasteiger partial charge in [0, 0.05) is 68.4 Å². The summed E-state index contributed by atoms with van der Waals surface area (Å²) in [4.78, 5) is 29.1. The van der Waals surface area contributed by atoms with Crippen LogP contribution in [0.3, 0.4) is 0 Å². The number of benzene rings is 1. The lowest BCUT2D eigenvalue weighted by Gasteiger charge is -2.40. The molecule has 3 aromatic rings. The number of anilines is 1. The van der Waals surface area contributed by atoms with Crippen LogP contribution in [0, 0.1) is 0 Å². The molecule has 5 rings (SSSR count). The molecule has 0 radical (unpaired) electrons. The fraction of sp³-hybridized carbons (Fsp3) is 0.686. The predicted molar refractivity (Wildman–Crippen MR) is 186 cm³/mol. The molecule has 1 aromatic carbocycles. The van der Waals surface area contributed by atoms with Crippen molar-refractivity contribution < 1.29 is 4.43 Å². The summed E-state index contributed by atoms with van der Waals surface area (Å²) in [5.74, 6) is 0.610. The monoisotopic (exact) mass is 620 g/mol. The van der Waals surface area contributed by atoms with Crippen LogP contribution in [0.4, 0.5) is 5.95 Å². The number of rotatable bonds is 9. The first-order valence-electron chi connectivity index (χ1n) is 17.1. The van der Waals surface area contributed by atoms with Gasteiger partial charge in [0.05, 0.1) is 0 Å². The molecule has 1 aliphatic heterocycles. The fourth-order valence-corrected chi connectivity index (χ4v) is 7.98. The standard InChI is InChI=1S/C35H56N6O2Si/c1-8-9-18-36-34-37-24-31-29-17-16-26(25-40-21-19-39(5)20-22-40)23-30(29)33(42)41(32(31)38-34)27-12-10-14-28(15-11-13-27)43-44(6,7)35(2,3)4/h16-17,23-24,27-28H,8-15,18-22,25H2,1-7H3,(H,36,37,38). The van der Waals surface area contributed by atoms with E-state index in [1.165, 1.54) is 5.56 Å². The molecule has 1 N–H and O–H groups in total. The van der Waals surface area contributed by atoms with E-state index in [0.29, 0.717) is 12.1 Å². The minimum Gasteiger partial charge on any atom is -0.414 e. The van der Waals surface area contributed by atoms with Crippen molar-refractivity contribution in [1.82, 2.24) is 24.3 Å². The maximum absolute atomic E-state index is 14.5. The Labute approximate surface area is 265 Å². The molecule has 1 saturated carbocycles. The van der Waals surface area contributed by atoms with Gasteiger partial charge in [-0.25, -0.2) is 4.98 Å². The van der Waals surface area contributed by atoms with E-state index >= 15 is 0 Å². The Morgan fingerprint density at radius 3 is 2.36 bits per heavy atom. The number of piperazine rings is 1. The number of likely N-dealkylation sites (N-methyl/N-ethyl adjacent to an activating group) is 1. The molecular weight excluding hydrogens is 565 g/mol. The van der Waals surface area contributed by atoms with Gasteiger partial charge in [0.2, 0.25) is 5.95 Å². The van der Waals surface area contributed by atoms with Crippen molar-refractivity contribution in [3.63, 3.8) is 0 Å². The second-order valence-corrected chi connectivity index (χ2v) is 19.6. The smallest absolute Gasteiger partial charge is 0.260 e. The Morgan fingerprint density at radius 1 is 1.00 bits per heavy atom. The molecule has 9 heteroatoms. The van der Waals surface area contributed by atoms with E-state index in [9.17, 15) is 4.79 Å². The summed E-state index contributed by atoms with van der Waals surface area (Å²) in [6.07, 6.45) is 10.5. The quantitative estimate of drug-likeness (QED) is 0.154. The van der Waals surface area contributed by atoms with Crippen molar-refractivity contribution in [2.45, 2.75) is 116 Å². The van der Waals surface area contributed by atoms with Crippen LogP contribution in [0.15, 0.2) is 29.2 Å². The van der Waals surface area contributed by atoms with Gasteiger partial charge in [-0.2, -0.15) is 4.98 Å². The summed E-state index contributed by atoms with van der Waals surface area (Å²) in [7, 11) is 0.367. The lowest BCUT2D eigenvalue weighted by Crippen LogP contribution is -2.44. The highest BCUT2D eigenvalue weighted by molar-refractivity contribution is 6.74. The number of aromatic nitrogens is 3. The summed E-state index contributed by atoms with van der Waals surface area (Å²) in [6, 6.07) is 6.58. The maximum Gasteiger partial charge on any atom is 0.260 e. The molecule has 2 aliphatic rings. The zero-order chi connectivity index (χ0) is 31.5. The van der Waals surface area contributed by atoms with Crippen molar-refractivity contribution in [2.24, 2.45) is 0 Å². The largest absolute Gasteiger partial charge is 0.414 e. The Morgan fingerprint density at radius 2 is 1.70 bits per heavy atom. The van der Waals surface area contributed by atoms with E-state index < -0.39 is 8.32 Å². The normalized spacial score (nSPS) is 21.4. The number of hydrogen-bond acceptors (Lipinski definition) is 7. The van der Waals surface area contributed by atoms with Crippen molar-refractivity contribution in [3.05, 3.63) is 40.3 Å². The van der Waals surface area contributed by atoms with E-state index in [1.54, 1.807) is 0 Å². The highest BCUT2D eigenvalue weighted by atomic mass is 28.4. The fourth-order valence-electron chi connectivity index (χ4n) is 6.56. The minimum atomic E-state index is -1.82. The minimum absolute atomic E-state index is 0.0885. The highest BCUT2D eigenvalue weighted by Gasteiger charge is 2.39. The molecule has 3 heterocycles. The molecule has 2 fully saturated rings. The Kier molecular flexibility index (Phi) is 10.5. The van der Waals surface area contributed by atoms with Crippen molar-refractivity contribution >= 4 is 36.1 Å². The Balaban J connectivity index is 1.47. The topological polar surface area (TPSA) is 75.5 Å². The van der Waals surface area contributed by atoms with Gasteiger partial charge in [-0.3, -0.25) is 14.3 Å². The van der Waals surface area contributed by atoms with E-state index in [0.717, 1.165) is 112 Å². The van der Waals surface area contributed by atoms with E-state index in [-0.39, 0.29) is 16.6 Å². The molecule has 242 valence electrons. The Hall–Kier alpha value is -2.33. The van der Waals surface area contributed by atoms with Gasteiger partial charge in [0.1, 0.15) is 5.65 Å². The van der Waals surface area contributed by atoms with Crippen LogP contribution in [0.1, 0.15) is 90.7 Å². The third-order valence-electron chi connectivity index (χ3n) is 10.4. The highest BCUT2D eigenvalue weighted by Crippen LogP contribution is 2.39. The van der Waals surface area contributed by atoms with Crippen LogP contribution in [0.25, 0.3) is 21.8 Å². The first-order valence-corrected chi connectivity index (χ1v) is 20.0. The van der Waals surface area contributed by atoms with Crippen LogP contribution >= 0.6 is 0 Å². The van der Waals surface area contributed by atoms with E-state index in [4.69, 9.17) is 14.4 Å². The molecule has 1 aliphatic carbocycles. The average molecular weight is 621 g/mol. The summed E-state index contributed by atoms with van der Waals surface area (Å²) in [5.41, 5.74) is 2.06. The van der Waals surface area contributed by atoms with Crippen molar-refractivity contribution in [1.29, 1.82) is 0 Å². The zero-order valence-electron chi connectivity index (χ0n) is 28.4. The van der Waals surface area contributed by atoms with Crippen LogP contribution in [0.5, 0.6) is 0 Å². The van der Waals surface area contributed by atoms with Crippen LogP contribution in [-0.4, -0.2) is 78.5 Å². The zero-order valence-corrected chi connectivity index (χ0v) is 29.4. The van der Waals surface area contributed by atoms with Crippen molar-refractivity contribution in [2.75, 3.05) is 45.1 Å². The van der Waals surface area contributed by atoms with Gasteiger partial charge in [-0.05, 0) is 87.1 Å². The SMILES string of the molecule is CCCCNc1ncc2c3ccc(CN4CCN(C)CC4)cc3c(=O)n(C3CCCC(O[Si](C)(C)C(C)(C)C)CCC3)c2n1. The summed E-state index contributed by atoms with van der Waals surface area (Å²) >= 11 is 0. The Bertz CT molecular complexity index is 1460. The molecule has 0 unspecified atom stereocenters. The summed E-state index contributed by atoms with van der Waals surface area (Å²) in [6.45, 7) is 19.8. The lowest BCUT2D eigenvalue weighted by atomic mass is 9.94. The third kappa shape index (κ3) is 7.54. The van der Waals surface area contributed by atoms with E-state index in [1.807, 2.05) is 10.8 Å². The number of nitrogens with one attached hydrogen (secondary N) is 1. The summed E-state index contributed by atoms with van der Waals surface area (Å²) < 4.78 is 8.89. The molecule has 0 atom stereocenters. The first-order chi connectivity index (χ1) is 21.0. The number of pyridine rings is 1. The molecule has 44 heavy (non-hydrogen) atoms. The lowest BCUT2D eigenvalue weighted by molar-refractivity contribution is 0.141. The number of unbranched alkanes of at least 4 members (excludes halogenated alkanes) is 1. The second-order valence-electron chi connectivity index (χ2n) is 14.9. The van der Waals surface area contributed by atoms with Gasteiger partial charge >= 0.3 is 0 Å². The number of nitrogens with zero attached hydrogens (tertiary/aromatic N) is 5. The average Bonchev–Trinajstić information content (AvgIpc) is 2.96. The molecule has 2 aromatic heterocycles. The van der Waals surface area contributed by atoms with Crippen LogP contribution < -0.4 is 10.9 Å².